The molecule has 0 aromatic rings. The fourth-order valence-corrected chi connectivity index (χ4v) is 0.904. The van der Waals surface area contributed by atoms with Crippen molar-refractivity contribution in [1.29, 1.82) is 0 Å². The summed E-state index contributed by atoms with van der Waals surface area (Å²) in [5.74, 6) is -2.06. The summed E-state index contributed by atoms with van der Waals surface area (Å²) in [5.41, 5.74) is -1.50. The standard InChI is InChI=1S/C7H10O6/c8-4-5(9)12-13-6(10)7(11)2-1-3-7/h8,11H,1-4H2. The van der Waals surface area contributed by atoms with E-state index < -0.39 is 24.1 Å². The average molecular weight is 190 g/mol. The number of rotatable bonds is 2. The molecule has 0 atom stereocenters. The van der Waals surface area contributed by atoms with E-state index >= 15 is 0 Å². The van der Waals surface area contributed by atoms with Gasteiger partial charge in [0.25, 0.3) is 0 Å². The fraction of sp³-hybridized carbons (Fsp3) is 0.714. The molecule has 1 aliphatic carbocycles. The molecule has 1 fully saturated rings. The molecular weight excluding hydrogens is 180 g/mol. The van der Waals surface area contributed by atoms with Crippen LogP contribution in [0.4, 0.5) is 0 Å². The van der Waals surface area contributed by atoms with Crippen molar-refractivity contribution in [2.24, 2.45) is 0 Å². The van der Waals surface area contributed by atoms with Crippen LogP contribution in [-0.2, 0) is 19.4 Å². The second-order valence-corrected chi connectivity index (χ2v) is 2.87. The van der Waals surface area contributed by atoms with Crippen molar-refractivity contribution in [2.45, 2.75) is 24.9 Å². The molecular formula is C7H10O6. The Balaban J connectivity index is 2.29. The Bertz CT molecular complexity index is 219. The highest BCUT2D eigenvalue weighted by atomic mass is 17.2. The molecule has 0 unspecified atom stereocenters. The molecule has 0 heterocycles. The van der Waals surface area contributed by atoms with Gasteiger partial charge in [0.05, 0.1) is 0 Å². The fourth-order valence-electron chi connectivity index (χ4n) is 0.904. The predicted octanol–water partition coefficient (Wildman–Crippen LogP) is -1.10. The summed E-state index contributed by atoms with van der Waals surface area (Å²) < 4.78 is 0. The highest BCUT2D eigenvalue weighted by Gasteiger charge is 2.45. The van der Waals surface area contributed by atoms with Gasteiger partial charge in [-0.25, -0.2) is 19.4 Å². The minimum Gasteiger partial charge on any atom is -0.384 e. The Hall–Kier alpha value is -1.14. The van der Waals surface area contributed by atoms with E-state index in [0.29, 0.717) is 12.8 Å². The van der Waals surface area contributed by atoms with Gasteiger partial charge >= 0.3 is 11.9 Å². The second-order valence-electron chi connectivity index (χ2n) is 2.87. The van der Waals surface area contributed by atoms with Gasteiger partial charge < -0.3 is 10.2 Å². The Morgan fingerprint density at radius 1 is 1.31 bits per heavy atom. The first-order valence-electron chi connectivity index (χ1n) is 3.83. The zero-order valence-electron chi connectivity index (χ0n) is 6.86. The maximum Gasteiger partial charge on any atom is 0.386 e. The van der Waals surface area contributed by atoms with Crippen LogP contribution in [0, 0.1) is 0 Å². The number of carbonyl (C=O) groups excluding carboxylic acids is 2. The molecule has 6 heteroatoms. The molecule has 0 bridgehead atoms. The smallest absolute Gasteiger partial charge is 0.384 e. The third kappa shape index (κ3) is 2.16. The van der Waals surface area contributed by atoms with Crippen LogP contribution in [0.1, 0.15) is 19.3 Å². The lowest BCUT2D eigenvalue weighted by molar-refractivity contribution is -0.275. The molecule has 2 N–H and O–H groups in total. The molecule has 1 saturated carbocycles. The van der Waals surface area contributed by atoms with Crippen molar-refractivity contribution in [2.75, 3.05) is 6.61 Å². The van der Waals surface area contributed by atoms with Gasteiger partial charge in [-0.1, -0.05) is 0 Å². The average Bonchev–Trinajstić information content (AvgIpc) is 2.09. The summed E-state index contributed by atoms with van der Waals surface area (Å²) in [6.45, 7) is -0.869. The Labute approximate surface area is 74.0 Å². The molecule has 13 heavy (non-hydrogen) atoms. The van der Waals surface area contributed by atoms with Gasteiger partial charge in [0, 0.05) is 0 Å². The van der Waals surface area contributed by atoms with Crippen LogP contribution in [0.3, 0.4) is 0 Å². The maximum absolute atomic E-state index is 10.9. The van der Waals surface area contributed by atoms with Crippen LogP contribution in [-0.4, -0.2) is 34.4 Å². The van der Waals surface area contributed by atoms with Gasteiger partial charge in [0.2, 0.25) is 0 Å². The normalized spacial score (nSPS) is 18.6. The van der Waals surface area contributed by atoms with Crippen LogP contribution in [0.2, 0.25) is 0 Å². The van der Waals surface area contributed by atoms with Crippen LogP contribution >= 0.6 is 0 Å². The number of carbonyl (C=O) groups is 2. The van der Waals surface area contributed by atoms with E-state index in [-0.39, 0.29) is 0 Å². The Morgan fingerprint density at radius 2 is 1.92 bits per heavy atom. The molecule has 0 aliphatic heterocycles. The van der Waals surface area contributed by atoms with Gasteiger partial charge in [-0.05, 0) is 19.3 Å². The molecule has 1 rings (SSSR count). The summed E-state index contributed by atoms with van der Waals surface area (Å²) in [6.07, 6.45) is 1.35. The van der Waals surface area contributed by atoms with Gasteiger partial charge in [0.15, 0.2) is 5.60 Å². The molecule has 0 radical (unpaired) electrons. The summed E-state index contributed by atoms with van der Waals surface area (Å²) >= 11 is 0. The van der Waals surface area contributed by atoms with Crippen LogP contribution < -0.4 is 0 Å². The van der Waals surface area contributed by atoms with Crippen molar-refractivity contribution in [3.05, 3.63) is 0 Å². The summed E-state index contributed by atoms with van der Waals surface area (Å²) in [6, 6.07) is 0. The number of aliphatic hydroxyl groups excluding tert-OH is 1. The lowest BCUT2D eigenvalue weighted by Crippen LogP contribution is -2.46. The van der Waals surface area contributed by atoms with Crippen LogP contribution in [0.15, 0.2) is 0 Å². The second kappa shape index (κ2) is 3.71. The number of hydrogen-bond donors (Lipinski definition) is 2. The quantitative estimate of drug-likeness (QED) is 0.424. The molecule has 0 spiro atoms. The Kier molecular flexibility index (Phi) is 2.84. The van der Waals surface area contributed by atoms with E-state index in [4.69, 9.17) is 5.11 Å². The highest BCUT2D eigenvalue weighted by Crippen LogP contribution is 2.32. The van der Waals surface area contributed by atoms with Gasteiger partial charge in [-0.3, -0.25) is 0 Å². The van der Waals surface area contributed by atoms with E-state index in [9.17, 15) is 14.7 Å². The number of aliphatic hydroxyl groups is 2. The van der Waals surface area contributed by atoms with Crippen molar-refractivity contribution in [3.8, 4) is 0 Å². The minimum absolute atomic E-state index is 0.308. The van der Waals surface area contributed by atoms with Gasteiger partial charge in [0.1, 0.15) is 6.61 Å². The van der Waals surface area contributed by atoms with Crippen molar-refractivity contribution in [3.63, 3.8) is 0 Å². The molecule has 0 saturated heterocycles. The zero-order valence-corrected chi connectivity index (χ0v) is 6.86. The largest absolute Gasteiger partial charge is 0.386 e. The molecule has 6 nitrogen and oxygen atoms in total. The van der Waals surface area contributed by atoms with E-state index in [1.54, 1.807) is 0 Å². The summed E-state index contributed by atoms with van der Waals surface area (Å²) in [5, 5.41) is 17.5. The lowest BCUT2D eigenvalue weighted by Gasteiger charge is -2.32. The molecule has 0 aromatic carbocycles. The number of hydrogen-bond acceptors (Lipinski definition) is 6. The molecule has 0 aromatic heterocycles. The highest BCUT2D eigenvalue weighted by molar-refractivity contribution is 5.81. The first-order valence-corrected chi connectivity index (χ1v) is 3.83. The van der Waals surface area contributed by atoms with Gasteiger partial charge in [-0.2, -0.15) is 0 Å². The van der Waals surface area contributed by atoms with E-state index in [1.807, 2.05) is 0 Å². The van der Waals surface area contributed by atoms with Crippen molar-refractivity contribution < 1.29 is 29.6 Å². The van der Waals surface area contributed by atoms with E-state index in [1.165, 1.54) is 0 Å². The van der Waals surface area contributed by atoms with Crippen molar-refractivity contribution in [1.82, 2.24) is 0 Å². The molecule has 74 valence electrons. The zero-order chi connectivity index (χ0) is 9.90. The maximum atomic E-state index is 10.9. The lowest BCUT2D eigenvalue weighted by atomic mass is 9.80. The molecule has 0 amide bonds. The van der Waals surface area contributed by atoms with E-state index in [0.717, 1.165) is 6.42 Å². The first kappa shape index (κ1) is 9.94. The van der Waals surface area contributed by atoms with Crippen LogP contribution in [0.5, 0.6) is 0 Å². The Morgan fingerprint density at radius 3 is 2.31 bits per heavy atom. The minimum atomic E-state index is -1.50. The molecule has 1 aliphatic rings. The summed E-state index contributed by atoms with van der Waals surface area (Å²) in [4.78, 5) is 29.1. The first-order chi connectivity index (χ1) is 6.08. The monoisotopic (exact) mass is 190 g/mol. The van der Waals surface area contributed by atoms with Crippen molar-refractivity contribution >= 4 is 11.9 Å². The SMILES string of the molecule is O=C(CO)OOC(=O)C1(O)CCC1. The van der Waals surface area contributed by atoms with Crippen LogP contribution in [0.25, 0.3) is 0 Å². The predicted molar refractivity (Wildman–Crippen MR) is 38.1 cm³/mol. The topological polar surface area (TPSA) is 93.1 Å². The third-order valence-corrected chi connectivity index (χ3v) is 1.90. The van der Waals surface area contributed by atoms with Gasteiger partial charge in [-0.15, -0.1) is 0 Å². The van der Waals surface area contributed by atoms with E-state index in [2.05, 4.69) is 9.78 Å². The third-order valence-electron chi connectivity index (χ3n) is 1.90. The summed E-state index contributed by atoms with van der Waals surface area (Å²) in [7, 11) is 0.